The Bertz CT molecular complexity index is 982. The molecule has 1 N–H and O–H groups in total. The van der Waals surface area contributed by atoms with Crippen LogP contribution in [0.25, 0.3) is 11.0 Å². The summed E-state index contributed by atoms with van der Waals surface area (Å²) in [4.78, 5) is 22.7. The molecule has 8 heteroatoms. The van der Waals surface area contributed by atoms with E-state index in [1.807, 2.05) is 0 Å². The summed E-state index contributed by atoms with van der Waals surface area (Å²) in [5.74, 6) is -0.402. The third kappa shape index (κ3) is 2.93. The molecule has 0 aliphatic heterocycles. The van der Waals surface area contributed by atoms with E-state index in [1.54, 1.807) is 25.1 Å². The average Bonchev–Trinajstić information content (AvgIpc) is 2.86. The summed E-state index contributed by atoms with van der Waals surface area (Å²) < 4.78 is 5.56. The monoisotopic (exact) mass is 364 g/mol. The smallest absolute Gasteiger partial charge is 0.291 e. The lowest BCUT2D eigenvalue weighted by Crippen LogP contribution is -2.12. The van der Waals surface area contributed by atoms with Crippen molar-refractivity contribution in [2.75, 3.05) is 5.32 Å². The maximum Gasteiger partial charge on any atom is 0.291 e. The van der Waals surface area contributed by atoms with Gasteiger partial charge in [-0.15, -0.1) is 0 Å². The van der Waals surface area contributed by atoms with Crippen molar-refractivity contribution in [1.29, 1.82) is 0 Å². The van der Waals surface area contributed by atoms with E-state index < -0.39 is 10.8 Å². The molecule has 6 nitrogen and oxygen atoms in total. The largest absolute Gasteiger partial charge is 0.451 e. The predicted octanol–water partition coefficient (Wildman–Crippen LogP) is 5.21. The van der Waals surface area contributed by atoms with Gasteiger partial charge < -0.3 is 9.73 Å². The molecule has 0 atom stereocenters. The number of nitrogens with one attached hydrogen (secondary N) is 1. The Labute approximate surface area is 146 Å². The van der Waals surface area contributed by atoms with Crippen LogP contribution < -0.4 is 5.32 Å². The summed E-state index contributed by atoms with van der Waals surface area (Å²) in [5, 5.41) is 14.7. The summed E-state index contributed by atoms with van der Waals surface area (Å²) >= 11 is 11.7. The molecule has 0 unspecified atom stereocenters. The standard InChI is InChI=1S/C16H10Cl2N2O4/c1-8-11-6-9(17)2-5-14(11)24-15(8)16(21)19-10-3-4-12(18)13(7-10)20(22)23/h2-7H,1H3,(H,19,21). The number of fused-ring (bicyclic) bond motifs is 1. The van der Waals surface area contributed by atoms with Crippen molar-refractivity contribution >= 4 is 51.5 Å². The topological polar surface area (TPSA) is 85.4 Å². The first-order valence-corrected chi connectivity index (χ1v) is 7.56. The number of hydrogen-bond acceptors (Lipinski definition) is 4. The van der Waals surface area contributed by atoms with Crippen LogP contribution in [0, 0.1) is 17.0 Å². The molecule has 122 valence electrons. The first-order chi connectivity index (χ1) is 11.4. The van der Waals surface area contributed by atoms with Gasteiger partial charge in [0.25, 0.3) is 11.6 Å². The molecule has 0 bridgehead atoms. The number of benzene rings is 2. The second kappa shape index (κ2) is 6.14. The molecule has 0 aliphatic carbocycles. The Morgan fingerprint density at radius 1 is 1.21 bits per heavy atom. The fourth-order valence-corrected chi connectivity index (χ4v) is 2.69. The van der Waals surface area contributed by atoms with Gasteiger partial charge in [0.1, 0.15) is 10.6 Å². The third-order valence-electron chi connectivity index (χ3n) is 3.51. The molecule has 1 heterocycles. The number of furan rings is 1. The summed E-state index contributed by atoms with van der Waals surface area (Å²) in [6.45, 7) is 1.74. The second-order valence-electron chi connectivity index (χ2n) is 5.07. The first kappa shape index (κ1) is 16.3. The molecule has 1 amide bonds. The minimum atomic E-state index is -0.619. The van der Waals surface area contributed by atoms with Crippen LogP contribution in [-0.2, 0) is 0 Å². The van der Waals surface area contributed by atoms with Gasteiger partial charge in [0.05, 0.1) is 4.92 Å². The quantitative estimate of drug-likeness (QED) is 0.510. The Kier molecular flexibility index (Phi) is 4.17. The SMILES string of the molecule is Cc1c(C(=O)Nc2ccc(Cl)c([N+](=O)[O-])c2)oc2ccc(Cl)cc12. The van der Waals surface area contributed by atoms with Crippen LogP contribution in [-0.4, -0.2) is 10.8 Å². The zero-order chi connectivity index (χ0) is 17.4. The van der Waals surface area contributed by atoms with E-state index in [9.17, 15) is 14.9 Å². The van der Waals surface area contributed by atoms with Crippen LogP contribution in [0.5, 0.6) is 0 Å². The number of amides is 1. The summed E-state index contributed by atoms with van der Waals surface area (Å²) in [5.41, 5.74) is 1.12. The van der Waals surface area contributed by atoms with Gasteiger partial charge in [-0.3, -0.25) is 14.9 Å². The van der Waals surface area contributed by atoms with Gasteiger partial charge in [0.15, 0.2) is 5.76 Å². The van der Waals surface area contributed by atoms with Crippen molar-refractivity contribution in [1.82, 2.24) is 0 Å². The fraction of sp³-hybridized carbons (Fsp3) is 0.0625. The fourth-order valence-electron chi connectivity index (χ4n) is 2.33. The van der Waals surface area contributed by atoms with Gasteiger partial charge in [-0.1, -0.05) is 23.2 Å². The molecule has 0 fully saturated rings. The molecule has 1 aromatic heterocycles. The number of carbonyl (C=O) groups excluding carboxylic acids is 1. The summed E-state index contributed by atoms with van der Waals surface area (Å²) in [6, 6.07) is 9.06. The van der Waals surface area contributed by atoms with Crippen LogP contribution in [0.4, 0.5) is 11.4 Å². The highest BCUT2D eigenvalue weighted by Crippen LogP contribution is 2.30. The number of hydrogen-bond donors (Lipinski definition) is 1. The molecule has 24 heavy (non-hydrogen) atoms. The van der Waals surface area contributed by atoms with Crippen LogP contribution >= 0.6 is 23.2 Å². The zero-order valence-electron chi connectivity index (χ0n) is 12.3. The lowest BCUT2D eigenvalue weighted by molar-refractivity contribution is -0.384. The predicted molar refractivity (Wildman–Crippen MR) is 92.0 cm³/mol. The van der Waals surface area contributed by atoms with E-state index >= 15 is 0 Å². The average molecular weight is 365 g/mol. The van der Waals surface area contributed by atoms with E-state index in [2.05, 4.69) is 5.32 Å². The number of anilines is 1. The van der Waals surface area contributed by atoms with Crippen molar-refractivity contribution < 1.29 is 14.1 Å². The second-order valence-corrected chi connectivity index (χ2v) is 5.92. The minimum absolute atomic E-state index is 0.00689. The van der Waals surface area contributed by atoms with Crippen molar-refractivity contribution in [3.63, 3.8) is 0 Å². The Hall–Kier alpha value is -2.57. The maximum absolute atomic E-state index is 12.4. The van der Waals surface area contributed by atoms with E-state index in [0.717, 1.165) is 5.39 Å². The van der Waals surface area contributed by atoms with Crippen LogP contribution in [0.1, 0.15) is 16.1 Å². The highest BCUT2D eigenvalue weighted by atomic mass is 35.5. The van der Waals surface area contributed by atoms with E-state index in [-0.39, 0.29) is 22.2 Å². The zero-order valence-corrected chi connectivity index (χ0v) is 13.8. The van der Waals surface area contributed by atoms with Gasteiger partial charge in [-0.05, 0) is 37.3 Å². The molecule has 0 saturated heterocycles. The van der Waals surface area contributed by atoms with Crippen molar-refractivity contribution in [2.24, 2.45) is 0 Å². The number of nitro groups is 1. The number of nitro benzene ring substituents is 1. The number of carbonyl (C=O) groups is 1. The molecule has 3 rings (SSSR count). The number of aryl methyl sites for hydroxylation is 1. The van der Waals surface area contributed by atoms with E-state index in [4.69, 9.17) is 27.6 Å². The minimum Gasteiger partial charge on any atom is -0.451 e. The van der Waals surface area contributed by atoms with Crippen molar-refractivity contribution in [2.45, 2.75) is 6.92 Å². The van der Waals surface area contributed by atoms with Crippen LogP contribution in [0.2, 0.25) is 10.0 Å². The van der Waals surface area contributed by atoms with Crippen molar-refractivity contribution in [3.8, 4) is 0 Å². The lowest BCUT2D eigenvalue weighted by atomic mass is 10.1. The van der Waals surface area contributed by atoms with Gasteiger partial charge >= 0.3 is 0 Å². The molecule has 3 aromatic rings. The van der Waals surface area contributed by atoms with Gasteiger partial charge in [-0.25, -0.2) is 0 Å². The van der Waals surface area contributed by atoms with Gasteiger partial charge in [0.2, 0.25) is 0 Å². The highest BCUT2D eigenvalue weighted by molar-refractivity contribution is 6.32. The molecule has 0 spiro atoms. The lowest BCUT2D eigenvalue weighted by Gasteiger charge is -2.04. The van der Waals surface area contributed by atoms with Crippen molar-refractivity contribution in [3.05, 3.63) is 67.9 Å². The van der Waals surface area contributed by atoms with E-state index in [0.29, 0.717) is 16.2 Å². The first-order valence-electron chi connectivity index (χ1n) is 6.81. The molecule has 2 aromatic carbocycles. The Balaban J connectivity index is 1.94. The maximum atomic E-state index is 12.4. The Morgan fingerprint density at radius 2 is 1.96 bits per heavy atom. The Morgan fingerprint density at radius 3 is 2.67 bits per heavy atom. The molecule has 0 aliphatic rings. The van der Waals surface area contributed by atoms with Gasteiger partial charge in [-0.2, -0.15) is 0 Å². The highest BCUT2D eigenvalue weighted by Gasteiger charge is 2.19. The number of halogens is 2. The molecule has 0 radical (unpaired) electrons. The molecule has 0 saturated carbocycles. The van der Waals surface area contributed by atoms with Crippen LogP contribution in [0.3, 0.4) is 0 Å². The number of nitrogens with zero attached hydrogens (tertiary/aromatic N) is 1. The van der Waals surface area contributed by atoms with Crippen LogP contribution in [0.15, 0.2) is 40.8 Å². The third-order valence-corrected chi connectivity index (χ3v) is 4.06. The summed E-state index contributed by atoms with van der Waals surface area (Å²) in [7, 11) is 0. The summed E-state index contributed by atoms with van der Waals surface area (Å²) in [6.07, 6.45) is 0. The number of rotatable bonds is 3. The van der Waals surface area contributed by atoms with E-state index in [1.165, 1.54) is 18.2 Å². The normalized spacial score (nSPS) is 10.8. The molecular weight excluding hydrogens is 355 g/mol. The molecular formula is C16H10Cl2N2O4. The van der Waals surface area contributed by atoms with Gasteiger partial charge in [0, 0.05) is 27.7 Å².